The SMILES string of the molecule is c1cnc2c(c1)c(C1CCNCC1)cn2CCN1CCOCC1. The minimum absolute atomic E-state index is 0.674. The maximum absolute atomic E-state index is 5.44. The van der Waals surface area contributed by atoms with Gasteiger partial charge >= 0.3 is 0 Å². The van der Waals surface area contributed by atoms with Crippen molar-refractivity contribution in [3.05, 3.63) is 30.1 Å². The van der Waals surface area contributed by atoms with Crippen LogP contribution >= 0.6 is 0 Å². The number of ether oxygens (including phenoxy) is 1. The molecule has 2 saturated heterocycles. The van der Waals surface area contributed by atoms with E-state index in [1.54, 1.807) is 0 Å². The summed E-state index contributed by atoms with van der Waals surface area (Å²) < 4.78 is 7.80. The molecule has 124 valence electrons. The van der Waals surface area contributed by atoms with Gasteiger partial charge in [-0.25, -0.2) is 4.98 Å². The molecule has 0 unspecified atom stereocenters. The Labute approximate surface area is 137 Å². The zero-order valence-electron chi connectivity index (χ0n) is 13.7. The first-order valence-electron chi connectivity index (χ1n) is 8.86. The molecule has 2 aliphatic heterocycles. The summed E-state index contributed by atoms with van der Waals surface area (Å²) in [6.45, 7) is 8.18. The lowest BCUT2D eigenvalue weighted by molar-refractivity contribution is 0.0365. The van der Waals surface area contributed by atoms with Gasteiger partial charge in [-0.15, -0.1) is 0 Å². The third-order valence-corrected chi connectivity index (χ3v) is 5.20. The van der Waals surface area contributed by atoms with Gasteiger partial charge in [-0.3, -0.25) is 4.90 Å². The minimum Gasteiger partial charge on any atom is -0.379 e. The molecule has 0 atom stereocenters. The fraction of sp³-hybridized carbons (Fsp3) is 0.611. The van der Waals surface area contributed by atoms with Crippen molar-refractivity contribution in [2.75, 3.05) is 45.9 Å². The molecule has 0 radical (unpaired) electrons. The molecule has 0 spiro atoms. The average Bonchev–Trinajstić information content (AvgIpc) is 3.01. The molecular weight excluding hydrogens is 288 g/mol. The van der Waals surface area contributed by atoms with E-state index in [1.807, 2.05) is 6.20 Å². The Balaban J connectivity index is 1.56. The average molecular weight is 314 g/mol. The largest absolute Gasteiger partial charge is 0.379 e. The van der Waals surface area contributed by atoms with Gasteiger partial charge in [0.25, 0.3) is 0 Å². The first-order chi connectivity index (χ1) is 11.4. The van der Waals surface area contributed by atoms with E-state index in [0.717, 1.165) is 58.1 Å². The van der Waals surface area contributed by atoms with Crippen LogP contribution in [0.15, 0.2) is 24.5 Å². The van der Waals surface area contributed by atoms with Gasteiger partial charge in [-0.05, 0) is 49.5 Å². The second-order valence-corrected chi connectivity index (χ2v) is 6.63. The van der Waals surface area contributed by atoms with Crippen molar-refractivity contribution in [3.63, 3.8) is 0 Å². The second kappa shape index (κ2) is 6.99. The molecular formula is C18H26N4O. The van der Waals surface area contributed by atoms with E-state index in [0.29, 0.717) is 5.92 Å². The fourth-order valence-electron chi connectivity index (χ4n) is 3.85. The number of nitrogens with one attached hydrogen (secondary N) is 1. The maximum Gasteiger partial charge on any atom is 0.140 e. The van der Waals surface area contributed by atoms with Crippen molar-refractivity contribution in [3.8, 4) is 0 Å². The molecule has 2 aliphatic rings. The Morgan fingerprint density at radius 1 is 1.17 bits per heavy atom. The number of hydrogen-bond acceptors (Lipinski definition) is 4. The van der Waals surface area contributed by atoms with Crippen LogP contribution in [0.1, 0.15) is 24.3 Å². The molecule has 1 N–H and O–H groups in total. The van der Waals surface area contributed by atoms with E-state index in [1.165, 1.54) is 23.8 Å². The Bertz CT molecular complexity index is 642. The van der Waals surface area contributed by atoms with E-state index in [9.17, 15) is 0 Å². The van der Waals surface area contributed by atoms with Crippen LogP contribution in [-0.2, 0) is 11.3 Å². The fourth-order valence-corrected chi connectivity index (χ4v) is 3.85. The Hall–Kier alpha value is -1.43. The van der Waals surface area contributed by atoms with Crippen LogP contribution in [0.5, 0.6) is 0 Å². The number of aromatic nitrogens is 2. The highest BCUT2D eigenvalue weighted by molar-refractivity contribution is 5.81. The summed E-state index contributed by atoms with van der Waals surface area (Å²) in [5, 5.41) is 4.82. The summed E-state index contributed by atoms with van der Waals surface area (Å²) >= 11 is 0. The van der Waals surface area contributed by atoms with Crippen LogP contribution in [0, 0.1) is 0 Å². The Kier molecular flexibility index (Phi) is 4.60. The van der Waals surface area contributed by atoms with Crippen LogP contribution in [0.3, 0.4) is 0 Å². The number of rotatable bonds is 4. The molecule has 0 aliphatic carbocycles. The normalized spacial score (nSPS) is 21.0. The molecule has 2 aromatic rings. The van der Waals surface area contributed by atoms with Gasteiger partial charge in [0.15, 0.2) is 0 Å². The van der Waals surface area contributed by atoms with E-state index in [-0.39, 0.29) is 0 Å². The molecule has 4 rings (SSSR count). The quantitative estimate of drug-likeness (QED) is 0.935. The summed E-state index contributed by atoms with van der Waals surface area (Å²) in [5.41, 5.74) is 2.64. The minimum atomic E-state index is 0.674. The molecule has 4 heterocycles. The van der Waals surface area contributed by atoms with Crippen molar-refractivity contribution in [1.82, 2.24) is 19.8 Å². The predicted octanol–water partition coefficient (Wildman–Crippen LogP) is 1.84. The van der Waals surface area contributed by atoms with E-state index >= 15 is 0 Å². The smallest absolute Gasteiger partial charge is 0.140 e. The topological polar surface area (TPSA) is 42.3 Å². The Morgan fingerprint density at radius 2 is 2.00 bits per heavy atom. The zero-order chi connectivity index (χ0) is 15.5. The van der Waals surface area contributed by atoms with Gasteiger partial charge in [0.1, 0.15) is 5.65 Å². The lowest BCUT2D eigenvalue weighted by Gasteiger charge is -2.26. The summed E-state index contributed by atoms with van der Waals surface area (Å²) in [5.74, 6) is 0.674. The van der Waals surface area contributed by atoms with Gasteiger partial charge < -0.3 is 14.6 Å². The number of morpholine rings is 1. The van der Waals surface area contributed by atoms with Gasteiger partial charge in [0, 0.05) is 44.0 Å². The van der Waals surface area contributed by atoms with Crippen LogP contribution in [0.4, 0.5) is 0 Å². The second-order valence-electron chi connectivity index (χ2n) is 6.63. The molecule has 0 amide bonds. The van der Waals surface area contributed by atoms with Crippen LogP contribution in [0.25, 0.3) is 11.0 Å². The van der Waals surface area contributed by atoms with Crippen molar-refractivity contribution < 1.29 is 4.74 Å². The van der Waals surface area contributed by atoms with E-state index in [4.69, 9.17) is 4.74 Å². The summed E-state index contributed by atoms with van der Waals surface area (Å²) in [6.07, 6.45) is 6.75. The number of piperidine rings is 1. The standard InChI is InChI=1S/C18H26N4O/c1-2-16-17(15-3-6-19-7-4-15)14-22(18(16)20-5-1)9-8-21-10-12-23-13-11-21/h1-2,5,14-15,19H,3-4,6-13H2. The summed E-state index contributed by atoms with van der Waals surface area (Å²) in [6, 6.07) is 4.31. The number of hydrogen-bond donors (Lipinski definition) is 1. The summed E-state index contributed by atoms with van der Waals surface area (Å²) in [7, 11) is 0. The van der Waals surface area contributed by atoms with Gasteiger partial charge in [-0.1, -0.05) is 0 Å². The molecule has 5 nitrogen and oxygen atoms in total. The molecule has 0 bridgehead atoms. The van der Waals surface area contributed by atoms with Gasteiger partial charge in [0.05, 0.1) is 13.2 Å². The van der Waals surface area contributed by atoms with Crippen molar-refractivity contribution in [2.45, 2.75) is 25.3 Å². The van der Waals surface area contributed by atoms with Crippen LogP contribution in [-0.4, -0.2) is 60.4 Å². The summed E-state index contributed by atoms with van der Waals surface area (Å²) in [4.78, 5) is 7.15. The van der Waals surface area contributed by atoms with Crippen molar-refractivity contribution in [1.29, 1.82) is 0 Å². The highest BCUT2D eigenvalue weighted by Gasteiger charge is 2.21. The molecule has 0 saturated carbocycles. The van der Waals surface area contributed by atoms with Crippen molar-refractivity contribution in [2.24, 2.45) is 0 Å². The zero-order valence-corrected chi connectivity index (χ0v) is 13.7. The molecule has 23 heavy (non-hydrogen) atoms. The lowest BCUT2D eigenvalue weighted by atomic mass is 9.90. The van der Waals surface area contributed by atoms with Gasteiger partial charge in [0.2, 0.25) is 0 Å². The lowest BCUT2D eigenvalue weighted by Crippen LogP contribution is -2.38. The molecule has 5 heteroatoms. The highest BCUT2D eigenvalue weighted by atomic mass is 16.5. The monoisotopic (exact) mass is 314 g/mol. The van der Waals surface area contributed by atoms with Crippen molar-refractivity contribution >= 4 is 11.0 Å². The molecule has 0 aromatic carbocycles. The van der Waals surface area contributed by atoms with Crippen LogP contribution < -0.4 is 5.32 Å². The maximum atomic E-state index is 5.44. The third-order valence-electron chi connectivity index (χ3n) is 5.20. The predicted molar refractivity (Wildman–Crippen MR) is 91.8 cm³/mol. The van der Waals surface area contributed by atoms with E-state index in [2.05, 4.69) is 38.1 Å². The van der Waals surface area contributed by atoms with E-state index < -0.39 is 0 Å². The molecule has 2 fully saturated rings. The first kappa shape index (κ1) is 15.1. The third kappa shape index (κ3) is 3.27. The Morgan fingerprint density at radius 3 is 2.83 bits per heavy atom. The first-order valence-corrected chi connectivity index (χ1v) is 8.86. The number of fused-ring (bicyclic) bond motifs is 1. The number of pyridine rings is 1. The number of nitrogens with zero attached hydrogens (tertiary/aromatic N) is 3. The highest BCUT2D eigenvalue weighted by Crippen LogP contribution is 2.32. The van der Waals surface area contributed by atoms with Crippen LogP contribution in [0.2, 0.25) is 0 Å². The van der Waals surface area contributed by atoms with Gasteiger partial charge in [-0.2, -0.15) is 0 Å². The molecule has 2 aromatic heterocycles.